The lowest BCUT2D eigenvalue weighted by molar-refractivity contribution is -0.168. The number of nitrogens with one attached hydrogen (secondary N) is 1. The first-order valence-corrected chi connectivity index (χ1v) is 9.27. The third kappa shape index (κ3) is 4.72. The first-order chi connectivity index (χ1) is 14.3. The van der Waals surface area contributed by atoms with Crippen molar-refractivity contribution in [3.63, 3.8) is 0 Å². The van der Waals surface area contributed by atoms with Crippen molar-refractivity contribution in [2.24, 2.45) is 7.05 Å². The monoisotopic (exact) mass is 424 g/mol. The predicted octanol–water partition coefficient (Wildman–Crippen LogP) is -0.193. The highest BCUT2D eigenvalue weighted by Gasteiger charge is 2.52. The summed E-state index contributed by atoms with van der Waals surface area (Å²) in [5.74, 6) is -2.57. The number of nitrogens with zero attached hydrogens (tertiary/aromatic N) is 5. The van der Waals surface area contributed by atoms with Crippen LogP contribution in [0.25, 0.3) is 11.6 Å². The van der Waals surface area contributed by atoms with E-state index >= 15 is 0 Å². The van der Waals surface area contributed by atoms with Crippen LogP contribution >= 0.6 is 0 Å². The first kappa shape index (κ1) is 22.8. The summed E-state index contributed by atoms with van der Waals surface area (Å²) in [6.07, 6.45) is -0.434. The summed E-state index contributed by atoms with van der Waals surface area (Å²) < 4.78 is 20.9. The molecule has 0 spiro atoms. The molecule has 0 atom stereocenters. The van der Waals surface area contributed by atoms with E-state index < -0.39 is 29.8 Å². The van der Waals surface area contributed by atoms with E-state index in [9.17, 15) is 14.4 Å². The summed E-state index contributed by atoms with van der Waals surface area (Å²) in [5.41, 5.74) is -2.04. The number of aromatic nitrogens is 5. The molecule has 2 aromatic heterocycles. The van der Waals surface area contributed by atoms with Gasteiger partial charge >= 0.3 is 11.9 Å². The molecule has 0 fully saturated rings. The Bertz CT molecular complexity index is 888. The fourth-order valence-corrected chi connectivity index (χ4v) is 2.70. The van der Waals surface area contributed by atoms with Crippen molar-refractivity contribution >= 4 is 17.8 Å². The zero-order valence-electron chi connectivity index (χ0n) is 17.4. The van der Waals surface area contributed by atoms with Gasteiger partial charge in [0, 0.05) is 13.3 Å². The second-order valence-electron chi connectivity index (χ2n) is 6.04. The number of ether oxygens (including phenoxy) is 3. The highest BCUT2D eigenvalue weighted by molar-refractivity contribution is 6.08. The normalized spacial score (nSPS) is 11.1. The van der Waals surface area contributed by atoms with E-state index in [0.717, 1.165) is 6.92 Å². The number of hydrogen-bond donors (Lipinski definition) is 1. The van der Waals surface area contributed by atoms with Crippen molar-refractivity contribution in [3.05, 3.63) is 5.56 Å². The maximum atomic E-state index is 12.9. The van der Waals surface area contributed by atoms with Gasteiger partial charge in [-0.15, -0.1) is 10.2 Å². The molecule has 2 rings (SSSR count). The lowest BCUT2D eigenvalue weighted by Gasteiger charge is -2.29. The molecule has 13 heteroatoms. The Balaban J connectivity index is 2.65. The van der Waals surface area contributed by atoms with Crippen LogP contribution < -0.4 is 10.1 Å². The molecule has 0 bridgehead atoms. The fourth-order valence-electron chi connectivity index (χ4n) is 2.70. The summed E-state index contributed by atoms with van der Waals surface area (Å²) in [4.78, 5) is 38.9. The zero-order chi connectivity index (χ0) is 22.3. The summed E-state index contributed by atoms with van der Waals surface area (Å²) in [7, 11) is 1.55. The molecule has 0 unspecified atom stereocenters. The number of aryl methyl sites for hydroxylation is 1. The van der Waals surface area contributed by atoms with Gasteiger partial charge in [-0.2, -0.15) is 4.80 Å². The molecule has 164 valence electrons. The van der Waals surface area contributed by atoms with E-state index in [2.05, 4.69) is 25.9 Å². The van der Waals surface area contributed by atoms with Crippen LogP contribution in [0.5, 0.6) is 5.88 Å². The van der Waals surface area contributed by atoms with Gasteiger partial charge in [-0.25, -0.2) is 9.59 Å². The quantitative estimate of drug-likeness (QED) is 0.397. The lowest BCUT2D eigenvalue weighted by atomic mass is 9.90. The second kappa shape index (κ2) is 9.80. The second-order valence-corrected chi connectivity index (χ2v) is 6.04. The van der Waals surface area contributed by atoms with E-state index in [-0.39, 0.29) is 42.8 Å². The number of esters is 2. The molecule has 0 aliphatic carbocycles. The molecule has 0 radical (unpaired) electrons. The number of tetrazole rings is 1. The molecule has 2 heterocycles. The van der Waals surface area contributed by atoms with Gasteiger partial charge in [0.25, 0.3) is 5.88 Å². The molecular weight excluding hydrogens is 400 g/mol. The molecule has 0 aliphatic rings. The predicted molar refractivity (Wildman–Crippen MR) is 99.0 cm³/mol. The largest absolute Gasteiger partial charge is 0.476 e. The molecule has 2 aromatic rings. The standard InChI is InChI=1S/C17H24N6O7/c1-6-27-14-11(12(30-21-14)13-19-22-23(5)20-13)9-17(18-10(4)24,15(25)28-7-2)16(26)29-8-3/h6-9H2,1-5H3,(H,18,24). The van der Waals surface area contributed by atoms with Crippen LogP contribution in [0.1, 0.15) is 33.3 Å². The molecule has 1 amide bonds. The van der Waals surface area contributed by atoms with Gasteiger partial charge in [-0.3, -0.25) is 4.79 Å². The van der Waals surface area contributed by atoms with Crippen molar-refractivity contribution in [3.8, 4) is 17.5 Å². The average molecular weight is 424 g/mol. The van der Waals surface area contributed by atoms with Gasteiger partial charge in [0.05, 0.1) is 32.4 Å². The summed E-state index contributed by atoms with van der Waals surface area (Å²) >= 11 is 0. The number of rotatable bonds is 10. The van der Waals surface area contributed by atoms with Gasteiger partial charge in [-0.1, -0.05) is 0 Å². The molecule has 13 nitrogen and oxygen atoms in total. The van der Waals surface area contributed by atoms with Crippen LogP contribution in [0.15, 0.2) is 4.52 Å². The smallest absolute Gasteiger partial charge is 0.344 e. The maximum absolute atomic E-state index is 12.9. The van der Waals surface area contributed by atoms with E-state index in [4.69, 9.17) is 18.7 Å². The number of amides is 1. The number of hydrogen-bond acceptors (Lipinski definition) is 11. The van der Waals surface area contributed by atoms with Crippen LogP contribution in [-0.4, -0.2) is 68.6 Å². The molecule has 0 aliphatic heterocycles. The Labute approximate surface area is 172 Å². The minimum atomic E-state index is -2.20. The van der Waals surface area contributed by atoms with Crippen LogP contribution in [-0.2, 0) is 37.3 Å². The Morgan fingerprint density at radius 1 is 1.10 bits per heavy atom. The van der Waals surface area contributed by atoms with Crippen molar-refractivity contribution < 1.29 is 33.1 Å². The summed E-state index contributed by atoms with van der Waals surface area (Å²) in [5, 5.41) is 17.9. The van der Waals surface area contributed by atoms with Crippen molar-refractivity contribution in [2.45, 2.75) is 39.7 Å². The summed E-state index contributed by atoms with van der Waals surface area (Å²) in [6, 6.07) is 0. The van der Waals surface area contributed by atoms with Gasteiger partial charge in [-0.05, 0) is 31.1 Å². The molecular formula is C17H24N6O7. The van der Waals surface area contributed by atoms with Crippen LogP contribution in [0.2, 0.25) is 0 Å². The van der Waals surface area contributed by atoms with E-state index in [1.807, 2.05) is 0 Å². The van der Waals surface area contributed by atoms with Crippen molar-refractivity contribution in [2.75, 3.05) is 19.8 Å². The van der Waals surface area contributed by atoms with Gasteiger partial charge in [0.15, 0.2) is 0 Å². The Morgan fingerprint density at radius 2 is 1.73 bits per heavy atom. The third-order valence-corrected chi connectivity index (χ3v) is 3.82. The van der Waals surface area contributed by atoms with E-state index in [1.165, 1.54) is 4.80 Å². The van der Waals surface area contributed by atoms with Gasteiger partial charge < -0.3 is 24.1 Å². The molecule has 0 saturated carbocycles. The molecule has 0 aromatic carbocycles. The van der Waals surface area contributed by atoms with Gasteiger partial charge in [0.1, 0.15) is 0 Å². The zero-order valence-corrected chi connectivity index (χ0v) is 17.4. The lowest BCUT2D eigenvalue weighted by Crippen LogP contribution is -2.62. The Hall–Kier alpha value is -3.51. The topological polar surface area (TPSA) is 161 Å². The SMILES string of the molecule is CCOC(=O)C(Cc1c(OCC)noc1-c1nnn(C)n1)(NC(C)=O)C(=O)OCC. The highest BCUT2D eigenvalue weighted by Crippen LogP contribution is 2.33. The minimum Gasteiger partial charge on any atom is -0.476 e. The maximum Gasteiger partial charge on any atom is 0.344 e. The van der Waals surface area contributed by atoms with Crippen molar-refractivity contribution in [1.82, 2.24) is 30.7 Å². The molecule has 1 N–H and O–H groups in total. The fraction of sp³-hybridized carbons (Fsp3) is 0.588. The van der Waals surface area contributed by atoms with E-state index in [1.54, 1.807) is 27.8 Å². The Morgan fingerprint density at radius 3 is 2.20 bits per heavy atom. The van der Waals surface area contributed by atoms with Crippen LogP contribution in [0, 0.1) is 0 Å². The van der Waals surface area contributed by atoms with Crippen LogP contribution in [0.4, 0.5) is 0 Å². The third-order valence-electron chi connectivity index (χ3n) is 3.82. The number of carbonyl (C=O) groups is 3. The first-order valence-electron chi connectivity index (χ1n) is 9.27. The summed E-state index contributed by atoms with van der Waals surface area (Å²) in [6.45, 7) is 6.19. The number of carbonyl (C=O) groups excluding carboxylic acids is 3. The molecule has 30 heavy (non-hydrogen) atoms. The molecule has 0 saturated heterocycles. The highest BCUT2D eigenvalue weighted by atomic mass is 16.6. The van der Waals surface area contributed by atoms with E-state index in [0.29, 0.717) is 0 Å². The minimum absolute atomic E-state index is 0.00303. The van der Waals surface area contributed by atoms with Gasteiger partial charge in [0.2, 0.25) is 23.0 Å². The van der Waals surface area contributed by atoms with Crippen molar-refractivity contribution in [1.29, 1.82) is 0 Å². The Kier molecular flexibility index (Phi) is 7.44. The average Bonchev–Trinajstić information content (AvgIpc) is 3.27. The van der Waals surface area contributed by atoms with Crippen LogP contribution in [0.3, 0.4) is 0 Å².